The van der Waals surface area contributed by atoms with E-state index in [1.165, 1.54) is 20.2 Å². The molecule has 4 heteroatoms. The summed E-state index contributed by atoms with van der Waals surface area (Å²) < 4.78 is 2.75. The molecule has 0 amide bonds. The summed E-state index contributed by atoms with van der Waals surface area (Å²) >= 11 is 3.57. The van der Waals surface area contributed by atoms with Crippen LogP contribution in [0.4, 0.5) is 0 Å². The molecule has 106 valence electrons. The minimum Gasteiger partial charge on any atom is -0.202 e. The molecule has 2 nitrogen and oxygen atoms in total. The van der Waals surface area contributed by atoms with Gasteiger partial charge in [0.15, 0.2) is 0 Å². The summed E-state index contributed by atoms with van der Waals surface area (Å²) in [6.45, 7) is 0.500. The van der Waals surface area contributed by atoms with Gasteiger partial charge in [0.2, 0.25) is 6.79 Å². The number of rotatable bonds is 0. The van der Waals surface area contributed by atoms with E-state index in [1.807, 2.05) is 0 Å². The van der Waals surface area contributed by atoms with Gasteiger partial charge in [-0.05, 0) is 45.8 Å². The number of hydrogen-bond donors (Lipinski definition) is 0. The molecule has 0 saturated carbocycles. The average Bonchev–Trinajstić information content (AvgIpc) is 3.21. The van der Waals surface area contributed by atoms with Crippen LogP contribution in [0.1, 0.15) is 0 Å². The second-order valence-electron chi connectivity index (χ2n) is 4.27. The molecule has 3 heterocycles. The van der Waals surface area contributed by atoms with Crippen LogP contribution in [-0.4, -0.2) is 6.79 Å². The molecule has 2 aromatic carbocycles. The van der Waals surface area contributed by atoms with Crippen molar-refractivity contribution in [1.82, 2.24) is 0 Å². The Morgan fingerprint density at radius 3 is 1.43 bits per heavy atom. The van der Waals surface area contributed by atoms with E-state index in [2.05, 4.69) is 81.2 Å². The van der Waals surface area contributed by atoms with Gasteiger partial charge in [0.25, 0.3) is 0 Å². The maximum Gasteiger partial charge on any atom is 0.214 e. The van der Waals surface area contributed by atoms with Gasteiger partial charge in [-0.15, -0.1) is 22.7 Å². The summed E-state index contributed by atoms with van der Waals surface area (Å²) in [4.78, 5) is 8.00. The highest BCUT2D eigenvalue weighted by Crippen LogP contribution is 2.19. The third-order valence-electron chi connectivity index (χ3n) is 2.84. The zero-order valence-electron chi connectivity index (χ0n) is 11.3. The molecular weight excluding hydrogens is 300 g/mol. The van der Waals surface area contributed by atoms with E-state index in [1.54, 1.807) is 22.7 Å². The van der Waals surface area contributed by atoms with Crippen molar-refractivity contribution in [2.45, 2.75) is 0 Å². The second-order valence-corrected chi connectivity index (χ2v) is 6.17. The molecule has 0 unspecified atom stereocenters. The van der Waals surface area contributed by atoms with Crippen LogP contribution in [0.15, 0.2) is 71.4 Å². The van der Waals surface area contributed by atoms with Crippen molar-refractivity contribution in [2.24, 2.45) is 0 Å². The van der Waals surface area contributed by atoms with Crippen molar-refractivity contribution < 1.29 is 9.78 Å². The maximum atomic E-state index is 4.00. The smallest absolute Gasteiger partial charge is 0.202 e. The Morgan fingerprint density at radius 2 is 1.05 bits per heavy atom. The molecule has 1 aliphatic rings. The average molecular weight is 314 g/mol. The lowest BCUT2D eigenvalue weighted by atomic mass is 10.3. The summed E-state index contributed by atoms with van der Waals surface area (Å²) in [7, 11) is 0. The van der Waals surface area contributed by atoms with Crippen LogP contribution in [0, 0.1) is 0 Å². The van der Waals surface area contributed by atoms with Crippen LogP contribution < -0.4 is 0 Å². The van der Waals surface area contributed by atoms with Gasteiger partial charge in [0, 0.05) is 9.40 Å². The van der Waals surface area contributed by atoms with Crippen LogP contribution in [0.3, 0.4) is 0 Å². The molecule has 0 N–H and O–H groups in total. The molecule has 0 bridgehead atoms. The van der Waals surface area contributed by atoms with Gasteiger partial charge in [-0.25, -0.2) is 9.78 Å². The first-order valence-corrected chi connectivity index (χ1v) is 8.28. The Balaban J connectivity index is 0.000000105. The first-order valence-electron chi connectivity index (χ1n) is 6.52. The van der Waals surface area contributed by atoms with Crippen molar-refractivity contribution in [3.05, 3.63) is 71.4 Å². The SMILES string of the molecule is C1OO1.c1ccc2sccc2c1.c1ccc2sccc2c1. The molecule has 0 atom stereocenters. The largest absolute Gasteiger partial charge is 0.214 e. The van der Waals surface area contributed by atoms with Crippen molar-refractivity contribution >= 4 is 42.8 Å². The maximum absolute atomic E-state index is 4.00. The molecule has 21 heavy (non-hydrogen) atoms. The van der Waals surface area contributed by atoms with Crippen molar-refractivity contribution in [3.63, 3.8) is 0 Å². The van der Waals surface area contributed by atoms with Gasteiger partial charge < -0.3 is 0 Å². The number of fused-ring (bicyclic) bond motifs is 2. The third kappa shape index (κ3) is 4.37. The monoisotopic (exact) mass is 314 g/mol. The van der Waals surface area contributed by atoms with Gasteiger partial charge in [-0.1, -0.05) is 36.4 Å². The van der Waals surface area contributed by atoms with Gasteiger partial charge in [-0.3, -0.25) is 0 Å². The van der Waals surface area contributed by atoms with E-state index in [-0.39, 0.29) is 0 Å². The van der Waals surface area contributed by atoms with E-state index in [0.717, 1.165) is 0 Å². The molecule has 0 spiro atoms. The predicted molar refractivity (Wildman–Crippen MR) is 90.7 cm³/mol. The van der Waals surface area contributed by atoms with Crippen LogP contribution in [0.5, 0.6) is 0 Å². The molecule has 1 aliphatic heterocycles. The Kier molecular flexibility index (Phi) is 4.97. The summed E-state index contributed by atoms with van der Waals surface area (Å²) in [5, 5.41) is 6.93. The topological polar surface area (TPSA) is 25.1 Å². The van der Waals surface area contributed by atoms with Crippen molar-refractivity contribution in [3.8, 4) is 0 Å². The number of thiophene rings is 2. The standard InChI is InChI=1S/2C8H6S.CH2O2/c2*1-2-4-8-7(3-1)5-6-9-8;1-2-3-1/h2*1-6H;1H2. The van der Waals surface area contributed by atoms with Crippen molar-refractivity contribution in [2.75, 3.05) is 6.79 Å². The van der Waals surface area contributed by atoms with E-state index in [9.17, 15) is 0 Å². The fourth-order valence-corrected chi connectivity index (χ4v) is 3.39. The third-order valence-corrected chi connectivity index (χ3v) is 4.64. The van der Waals surface area contributed by atoms with Crippen LogP contribution >= 0.6 is 22.7 Å². The highest BCUT2D eigenvalue weighted by atomic mass is 32.1. The van der Waals surface area contributed by atoms with Gasteiger partial charge >= 0.3 is 0 Å². The zero-order chi connectivity index (χ0) is 14.3. The minimum absolute atomic E-state index is 0.500. The predicted octanol–water partition coefficient (Wildman–Crippen LogP) is 5.71. The van der Waals surface area contributed by atoms with Gasteiger partial charge in [0.1, 0.15) is 0 Å². The minimum atomic E-state index is 0.500. The molecule has 5 rings (SSSR count). The number of hydrogen-bond acceptors (Lipinski definition) is 4. The quantitative estimate of drug-likeness (QED) is 0.307. The Hall–Kier alpha value is -1.72. The highest BCUT2D eigenvalue weighted by molar-refractivity contribution is 7.17. The Labute approximate surface area is 131 Å². The summed E-state index contributed by atoms with van der Waals surface area (Å²) in [5.74, 6) is 0. The molecular formula is C17H14O2S2. The lowest BCUT2D eigenvalue weighted by Crippen LogP contribution is -1.56. The molecule has 4 aromatic rings. The normalized spacial score (nSPS) is 12.2. The summed E-state index contributed by atoms with van der Waals surface area (Å²) in [6.07, 6.45) is 0. The first kappa shape index (κ1) is 14.2. The lowest BCUT2D eigenvalue weighted by molar-refractivity contribution is 0.0850. The number of benzene rings is 2. The summed E-state index contributed by atoms with van der Waals surface area (Å²) in [6, 6.07) is 21.1. The second kappa shape index (κ2) is 7.33. The molecule has 1 fully saturated rings. The summed E-state index contributed by atoms with van der Waals surface area (Å²) in [5.41, 5.74) is 0. The Morgan fingerprint density at radius 1 is 0.619 bits per heavy atom. The van der Waals surface area contributed by atoms with E-state index in [4.69, 9.17) is 0 Å². The first-order chi connectivity index (χ1) is 10.4. The highest BCUT2D eigenvalue weighted by Gasteiger charge is 1.95. The molecule has 2 aromatic heterocycles. The zero-order valence-corrected chi connectivity index (χ0v) is 12.9. The fraction of sp³-hybridized carbons (Fsp3) is 0.0588. The van der Waals surface area contributed by atoms with E-state index >= 15 is 0 Å². The van der Waals surface area contributed by atoms with Crippen LogP contribution in [0.25, 0.3) is 20.2 Å². The van der Waals surface area contributed by atoms with E-state index in [0.29, 0.717) is 6.79 Å². The fourth-order valence-electron chi connectivity index (χ4n) is 1.81. The lowest BCUT2D eigenvalue weighted by Gasteiger charge is -1.82. The van der Waals surface area contributed by atoms with Crippen molar-refractivity contribution in [1.29, 1.82) is 0 Å². The molecule has 0 aliphatic carbocycles. The van der Waals surface area contributed by atoms with Gasteiger partial charge in [0.05, 0.1) is 0 Å². The molecule has 1 saturated heterocycles. The van der Waals surface area contributed by atoms with E-state index < -0.39 is 0 Å². The van der Waals surface area contributed by atoms with Gasteiger partial charge in [-0.2, -0.15) is 0 Å². The van der Waals surface area contributed by atoms with Crippen LogP contribution in [-0.2, 0) is 9.78 Å². The molecule has 0 radical (unpaired) electrons. The van der Waals surface area contributed by atoms with Crippen LogP contribution in [0.2, 0.25) is 0 Å². The Bertz CT molecular complexity index is 673.